The van der Waals surface area contributed by atoms with E-state index in [4.69, 9.17) is 4.42 Å². The zero-order valence-electron chi connectivity index (χ0n) is 15.7. The highest BCUT2D eigenvalue weighted by Crippen LogP contribution is 2.29. The molecule has 1 unspecified atom stereocenters. The number of furan rings is 1. The number of fused-ring (bicyclic) bond motifs is 1. The lowest BCUT2D eigenvalue weighted by Gasteiger charge is -2.33. The maximum absolute atomic E-state index is 12.4. The van der Waals surface area contributed by atoms with Gasteiger partial charge in [-0.25, -0.2) is 9.78 Å². The Morgan fingerprint density at radius 2 is 2.00 bits per heavy atom. The highest BCUT2D eigenvalue weighted by molar-refractivity contribution is 7.15. The van der Waals surface area contributed by atoms with Crippen molar-refractivity contribution in [1.29, 1.82) is 0 Å². The van der Waals surface area contributed by atoms with Gasteiger partial charge in [-0.05, 0) is 63.7 Å². The van der Waals surface area contributed by atoms with E-state index in [0.717, 1.165) is 31.7 Å². The number of anilines is 1. The number of likely N-dealkylation sites (tertiary alicyclic amines) is 1. The van der Waals surface area contributed by atoms with Gasteiger partial charge in [-0.2, -0.15) is 0 Å². The van der Waals surface area contributed by atoms with Gasteiger partial charge in [0.05, 0.1) is 18.0 Å². The van der Waals surface area contributed by atoms with E-state index in [1.807, 2.05) is 12.1 Å². The van der Waals surface area contributed by atoms with E-state index in [0.29, 0.717) is 11.7 Å². The summed E-state index contributed by atoms with van der Waals surface area (Å²) in [6.07, 6.45) is 11.2. The van der Waals surface area contributed by atoms with Crippen molar-refractivity contribution in [2.45, 2.75) is 57.4 Å². The van der Waals surface area contributed by atoms with Gasteiger partial charge in [0.15, 0.2) is 5.13 Å². The van der Waals surface area contributed by atoms with Gasteiger partial charge in [-0.15, -0.1) is 11.3 Å². The average Bonchev–Trinajstić information content (AvgIpc) is 3.29. The standard InChI is InChI=1S/C20H28N4O2S/c25-19(23-20-22-15-8-3-1-4-10-18(15)27-20)21-14-16(17-9-7-13-26-17)24-11-5-2-6-12-24/h7,9,13,16H,1-6,8,10-12,14H2,(H2,21,22,23,25). The first-order valence-corrected chi connectivity index (χ1v) is 10.9. The molecular weight excluding hydrogens is 360 g/mol. The van der Waals surface area contributed by atoms with Gasteiger partial charge in [0, 0.05) is 11.4 Å². The van der Waals surface area contributed by atoms with Gasteiger partial charge in [0.25, 0.3) is 0 Å². The van der Waals surface area contributed by atoms with Crippen molar-refractivity contribution in [3.8, 4) is 0 Å². The van der Waals surface area contributed by atoms with Crippen LogP contribution >= 0.6 is 11.3 Å². The molecule has 27 heavy (non-hydrogen) atoms. The maximum Gasteiger partial charge on any atom is 0.321 e. The van der Waals surface area contributed by atoms with Crippen LogP contribution < -0.4 is 10.6 Å². The summed E-state index contributed by atoms with van der Waals surface area (Å²) >= 11 is 1.63. The number of rotatable bonds is 5. The van der Waals surface area contributed by atoms with Crippen LogP contribution in [0.5, 0.6) is 0 Å². The lowest BCUT2D eigenvalue weighted by molar-refractivity contribution is 0.144. The second kappa shape index (κ2) is 8.89. The van der Waals surface area contributed by atoms with E-state index >= 15 is 0 Å². The molecule has 3 heterocycles. The summed E-state index contributed by atoms with van der Waals surface area (Å²) in [5.74, 6) is 0.915. The van der Waals surface area contributed by atoms with Gasteiger partial charge in [0.1, 0.15) is 5.76 Å². The number of nitrogens with zero attached hydrogens (tertiary/aromatic N) is 2. The number of amides is 2. The number of thiazole rings is 1. The van der Waals surface area contributed by atoms with Crippen molar-refractivity contribution in [2.24, 2.45) is 0 Å². The molecule has 146 valence electrons. The predicted molar refractivity (Wildman–Crippen MR) is 107 cm³/mol. The minimum Gasteiger partial charge on any atom is -0.468 e. The van der Waals surface area contributed by atoms with Gasteiger partial charge < -0.3 is 9.73 Å². The molecule has 1 atom stereocenters. The summed E-state index contributed by atoms with van der Waals surface area (Å²) in [6.45, 7) is 2.63. The third-order valence-electron chi connectivity index (χ3n) is 5.48. The fourth-order valence-electron chi connectivity index (χ4n) is 4.03. The number of nitrogens with one attached hydrogen (secondary N) is 2. The predicted octanol–water partition coefficient (Wildman–Crippen LogP) is 4.35. The summed E-state index contributed by atoms with van der Waals surface area (Å²) in [4.78, 5) is 20.8. The zero-order valence-corrected chi connectivity index (χ0v) is 16.5. The Morgan fingerprint density at radius 1 is 1.19 bits per heavy atom. The van der Waals surface area contributed by atoms with E-state index in [1.54, 1.807) is 17.6 Å². The smallest absolute Gasteiger partial charge is 0.321 e. The van der Waals surface area contributed by atoms with Crippen LogP contribution in [0.25, 0.3) is 0 Å². The van der Waals surface area contributed by atoms with Gasteiger partial charge >= 0.3 is 6.03 Å². The molecule has 6 nitrogen and oxygen atoms in total. The SMILES string of the molecule is O=C(NCC(c1ccco1)N1CCCCC1)Nc1nc2c(s1)CCCCC2. The molecular formula is C20H28N4O2S. The van der Waals surface area contributed by atoms with Crippen LogP contribution in [0.2, 0.25) is 0 Å². The number of piperidine rings is 1. The van der Waals surface area contributed by atoms with Crippen molar-refractivity contribution >= 4 is 22.5 Å². The van der Waals surface area contributed by atoms with Crippen LogP contribution in [0.1, 0.15) is 60.9 Å². The molecule has 0 radical (unpaired) electrons. The van der Waals surface area contributed by atoms with Crippen LogP contribution in [0.3, 0.4) is 0 Å². The Morgan fingerprint density at radius 3 is 2.81 bits per heavy atom. The number of carbonyl (C=O) groups excluding carboxylic acids is 1. The Hall–Kier alpha value is -1.86. The number of aromatic nitrogens is 1. The van der Waals surface area contributed by atoms with E-state index in [2.05, 4.69) is 20.5 Å². The lowest BCUT2D eigenvalue weighted by Crippen LogP contribution is -2.41. The molecule has 2 aromatic heterocycles. The third-order valence-corrected chi connectivity index (χ3v) is 6.55. The first kappa shape index (κ1) is 18.5. The second-order valence-electron chi connectivity index (χ2n) is 7.41. The summed E-state index contributed by atoms with van der Waals surface area (Å²) in [7, 11) is 0. The van der Waals surface area contributed by atoms with E-state index in [1.165, 1.54) is 49.1 Å². The van der Waals surface area contributed by atoms with Crippen LogP contribution in [-0.2, 0) is 12.8 Å². The molecule has 2 amide bonds. The number of hydrogen-bond donors (Lipinski definition) is 2. The molecule has 0 bridgehead atoms. The molecule has 1 aliphatic carbocycles. The van der Waals surface area contributed by atoms with Crippen molar-refractivity contribution in [1.82, 2.24) is 15.2 Å². The minimum absolute atomic E-state index is 0.0825. The topological polar surface area (TPSA) is 70.4 Å². The molecule has 0 aromatic carbocycles. The molecule has 0 spiro atoms. The number of urea groups is 1. The Balaban J connectivity index is 1.35. The van der Waals surface area contributed by atoms with Gasteiger partial charge in [-0.3, -0.25) is 10.2 Å². The zero-order chi connectivity index (χ0) is 18.5. The molecule has 2 N–H and O–H groups in total. The first-order valence-electron chi connectivity index (χ1n) is 10.1. The van der Waals surface area contributed by atoms with Gasteiger partial charge in [0.2, 0.25) is 0 Å². The van der Waals surface area contributed by atoms with Gasteiger partial charge in [-0.1, -0.05) is 12.8 Å². The Kier molecular flexibility index (Phi) is 6.09. The molecule has 0 saturated carbocycles. The highest BCUT2D eigenvalue weighted by Gasteiger charge is 2.25. The maximum atomic E-state index is 12.4. The van der Waals surface area contributed by atoms with Crippen LogP contribution in [0, 0.1) is 0 Å². The number of aryl methyl sites for hydroxylation is 2. The summed E-state index contributed by atoms with van der Waals surface area (Å²) < 4.78 is 5.64. The third kappa shape index (κ3) is 4.71. The molecule has 2 aromatic rings. The summed E-state index contributed by atoms with van der Waals surface area (Å²) in [5.41, 5.74) is 1.18. The Bertz CT molecular complexity index is 714. The largest absolute Gasteiger partial charge is 0.468 e. The van der Waals surface area contributed by atoms with E-state index < -0.39 is 0 Å². The second-order valence-corrected chi connectivity index (χ2v) is 8.50. The highest BCUT2D eigenvalue weighted by atomic mass is 32.1. The van der Waals surface area contributed by atoms with Crippen LogP contribution in [-0.4, -0.2) is 35.5 Å². The molecule has 4 rings (SSSR count). The Labute approximate surface area is 164 Å². The summed E-state index contributed by atoms with van der Waals surface area (Å²) in [6, 6.07) is 3.80. The summed E-state index contributed by atoms with van der Waals surface area (Å²) in [5, 5.41) is 6.67. The molecule has 1 saturated heterocycles. The monoisotopic (exact) mass is 388 g/mol. The number of hydrogen-bond acceptors (Lipinski definition) is 5. The molecule has 1 aliphatic heterocycles. The fraction of sp³-hybridized carbons (Fsp3) is 0.600. The average molecular weight is 389 g/mol. The molecule has 1 fully saturated rings. The van der Waals surface area contributed by atoms with Crippen molar-refractivity contribution in [3.05, 3.63) is 34.7 Å². The first-order chi connectivity index (χ1) is 13.3. The van der Waals surface area contributed by atoms with E-state index in [9.17, 15) is 4.79 Å². The van der Waals surface area contributed by atoms with Crippen LogP contribution in [0.15, 0.2) is 22.8 Å². The quantitative estimate of drug-likeness (QED) is 0.747. The minimum atomic E-state index is -0.188. The van der Waals surface area contributed by atoms with Crippen molar-refractivity contribution in [2.75, 3.05) is 25.0 Å². The fourth-order valence-corrected chi connectivity index (χ4v) is 5.08. The van der Waals surface area contributed by atoms with Crippen molar-refractivity contribution in [3.63, 3.8) is 0 Å². The normalized spacial score (nSPS) is 19.1. The molecule has 2 aliphatic rings. The molecule has 7 heteroatoms. The van der Waals surface area contributed by atoms with Crippen LogP contribution in [0.4, 0.5) is 9.93 Å². The lowest BCUT2D eigenvalue weighted by atomic mass is 10.1. The van der Waals surface area contributed by atoms with Crippen molar-refractivity contribution < 1.29 is 9.21 Å². The number of carbonyl (C=O) groups is 1. The van der Waals surface area contributed by atoms with E-state index in [-0.39, 0.29) is 12.1 Å².